The van der Waals surface area contributed by atoms with E-state index >= 15 is 0 Å². The lowest BCUT2D eigenvalue weighted by molar-refractivity contribution is -0.122. The van der Waals surface area contributed by atoms with Crippen molar-refractivity contribution in [3.63, 3.8) is 0 Å². The van der Waals surface area contributed by atoms with E-state index in [0.717, 1.165) is 45.9 Å². The number of anilines is 1. The van der Waals surface area contributed by atoms with Gasteiger partial charge >= 0.3 is 0 Å². The number of amidine groups is 1. The van der Waals surface area contributed by atoms with Crippen LogP contribution >= 0.6 is 23.5 Å². The maximum atomic E-state index is 13.4. The van der Waals surface area contributed by atoms with E-state index in [1.54, 1.807) is 18.9 Å². The average Bonchev–Trinajstić information content (AvgIpc) is 3.29. The molecule has 0 saturated carbocycles. The summed E-state index contributed by atoms with van der Waals surface area (Å²) in [6.07, 6.45) is 1.97. The van der Waals surface area contributed by atoms with Crippen LogP contribution in [-0.4, -0.2) is 36.2 Å². The number of carbonyl (C=O) groups is 1. The summed E-state index contributed by atoms with van der Waals surface area (Å²) < 4.78 is 5.24. The summed E-state index contributed by atoms with van der Waals surface area (Å²) in [5.74, 6) is 0.841. The number of hydrogen-bond donors (Lipinski definition) is 0. The molecular formula is C23H25N3O2S2. The largest absolute Gasteiger partial charge is 0.497 e. The molecule has 0 atom stereocenters. The van der Waals surface area contributed by atoms with E-state index in [4.69, 9.17) is 9.73 Å². The predicted molar refractivity (Wildman–Crippen MR) is 127 cm³/mol. The monoisotopic (exact) mass is 439 g/mol. The van der Waals surface area contributed by atoms with Gasteiger partial charge in [-0.3, -0.25) is 9.69 Å². The molecule has 0 aromatic heterocycles. The lowest BCUT2D eigenvalue weighted by atomic mass is 10.3. The van der Waals surface area contributed by atoms with Crippen LogP contribution in [0.1, 0.15) is 26.7 Å². The Balaban J connectivity index is 1.71. The number of unbranched alkanes of at least 4 members (excludes halogenated alkanes) is 1. The minimum atomic E-state index is 0.0504. The van der Waals surface area contributed by atoms with Crippen LogP contribution in [0.5, 0.6) is 5.75 Å². The molecule has 1 amide bonds. The van der Waals surface area contributed by atoms with Crippen molar-refractivity contribution in [1.82, 2.24) is 4.90 Å². The smallest absolute Gasteiger partial charge is 0.269 e. The second-order valence-corrected chi connectivity index (χ2v) is 8.96. The molecule has 1 saturated heterocycles. The van der Waals surface area contributed by atoms with Gasteiger partial charge in [0.15, 0.2) is 5.17 Å². The minimum Gasteiger partial charge on any atom is -0.497 e. The third-order valence-electron chi connectivity index (χ3n) is 5.01. The summed E-state index contributed by atoms with van der Waals surface area (Å²) in [6, 6.07) is 15.9. The molecule has 156 valence electrons. The van der Waals surface area contributed by atoms with Crippen LogP contribution < -0.4 is 9.64 Å². The molecule has 30 heavy (non-hydrogen) atoms. The number of fused-ring (bicyclic) bond motifs is 1. The normalized spacial score (nSPS) is 19.7. The molecule has 1 fully saturated rings. The van der Waals surface area contributed by atoms with Gasteiger partial charge in [0.25, 0.3) is 5.91 Å². The molecular weight excluding hydrogens is 414 g/mol. The molecule has 0 N–H and O–H groups in total. The molecule has 2 aromatic carbocycles. The van der Waals surface area contributed by atoms with Crippen molar-refractivity contribution in [2.45, 2.75) is 31.6 Å². The first-order valence-electron chi connectivity index (χ1n) is 10.2. The Morgan fingerprint density at radius 1 is 1.00 bits per heavy atom. The molecule has 4 rings (SSSR count). The van der Waals surface area contributed by atoms with Gasteiger partial charge in [0.05, 0.1) is 18.5 Å². The highest BCUT2D eigenvalue weighted by Gasteiger charge is 2.39. The number of thioether (sulfide) groups is 2. The molecule has 0 spiro atoms. The van der Waals surface area contributed by atoms with E-state index in [9.17, 15) is 4.79 Å². The number of nitrogens with zero attached hydrogens (tertiary/aromatic N) is 3. The zero-order chi connectivity index (χ0) is 21.1. The Hall–Kier alpha value is -2.38. The van der Waals surface area contributed by atoms with Crippen molar-refractivity contribution in [3.05, 3.63) is 58.5 Å². The first-order chi connectivity index (χ1) is 14.7. The Morgan fingerprint density at radius 3 is 2.47 bits per heavy atom. The van der Waals surface area contributed by atoms with Crippen LogP contribution in [0, 0.1) is 0 Å². The second-order valence-electron chi connectivity index (χ2n) is 6.95. The fourth-order valence-corrected chi connectivity index (χ4v) is 5.83. The number of aliphatic imine (C=N–C) groups is 1. The number of ether oxygens (including phenoxy) is 1. The Kier molecular flexibility index (Phi) is 6.39. The topological polar surface area (TPSA) is 45.1 Å². The zero-order valence-corrected chi connectivity index (χ0v) is 19.1. The van der Waals surface area contributed by atoms with Crippen LogP contribution in [0.2, 0.25) is 0 Å². The van der Waals surface area contributed by atoms with Crippen LogP contribution in [0.4, 0.5) is 11.4 Å². The number of benzene rings is 2. The summed E-state index contributed by atoms with van der Waals surface area (Å²) in [5, 5.41) is 1.75. The van der Waals surface area contributed by atoms with Crippen molar-refractivity contribution in [1.29, 1.82) is 0 Å². The van der Waals surface area contributed by atoms with Gasteiger partial charge in [-0.25, -0.2) is 4.99 Å². The van der Waals surface area contributed by atoms with Crippen LogP contribution in [0.3, 0.4) is 0 Å². The van der Waals surface area contributed by atoms with Crippen LogP contribution in [0.25, 0.3) is 0 Å². The van der Waals surface area contributed by atoms with E-state index < -0.39 is 0 Å². The van der Waals surface area contributed by atoms with Gasteiger partial charge in [0.1, 0.15) is 15.7 Å². The number of para-hydroxylation sites is 1. The summed E-state index contributed by atoms with van der Waals surface area (Å²) >= 11 is 3.16. The van der Waals surface area contributed by atoms with Crippen LogP contribution in [-0.2, 0) is 4.79 Å². The average molecular weight is 440 g/mol. The highest BCUT2D eigenvalue weighted by Crippen LogP contribution is 2.50. The number of rotatable bonds is 6. The number of amides is 1. The van der Waals surface area contributed by atoms with Crippen molar-refractivity contribution >= 4 is 46.0 Å². The van der Waals surface area contributed by atoms with E-state index in [2.05, 4.69) is 30.9 Å². The summed E-state index contributed by atoms with van der Waals surface area (Å²) in [6.45, 7) is 5.75. The fraction of sp³-hybridized carbons (Fsp3) is 0.304. The van der Waals surface area contributed by atoms with E-state index in [-0.39, 0.29) is 5.91 Å². The third kappa shape index (κ3) is 3.96. The first kappa shape index (κ1) is 20.9. The summed E-state index contributed by atoms with van der Waals surface area (Å²) in [5.41, 5.74) is 1.98. The van der Waals surface area contributed by atoms with E-state index in [1.807, 2.05) is 41.3 Å². The lowest BCUT2D eigenvalue weighted by Crippen LogP contribution is -2.30. The van der Waals surface area contributed by atoms with Gasteiger partial charge < -0.3 is 9.64 Å². The molecule has 2 heterocycles. The minimum absolute atomic E-state index is 0.0504. The van der Waals surface area contributed by atoms with Gasteiger partial charge in [-0.05, 0) is 61.5 Å². The summed E-state index contributed by atoms with van der Waals surface area (Å²) in [7, 11) is 1.65. The van der Waals surface area contributed by atoms with Gasteiger partial charge in [-0.15, -0.1) is 0 Å². The molecule has 2 aliphatic rings. The molecule has 0 unspecified atom stereocenters. The SMILES string of the molecule is CCCCN1C(=O)C(=C2Sc3ccccc3N2CC)SC1=Nc1ccc(OC)cc1. The molecule has 5 nitrogen and oxygen atoms in total. The van der Waals surface area contributed by atoms with Gasteiger partial charge in [-0.2, -0.15) is 0 Å². The fourth-order valence-electron chi connectivity index (χ4n) is 3.42. The number of hydrogen-bond acceptors (Lipinski definition) is 6. The molecule has 0 radical (unpaired) electrons. The standard InChI is InChI=1S/C23H25N3O2S2/c1-4-6-15-26-21(27)20(22-25(5-2)18-9-7-8-10-19(18)29-22)30-23(26)24-16-11-13-17(28-3)14-12-16/h7-14H,4-6,15H2,1-3H3. The Labute approximate surface area is 186 Å². The van der Waals surface area contributed by atoms with Gasteiger partial charge in [0.2, 0.25) is 0 Å². The highest BCUT2D eigenvalue weighted by molar-refractivity contribution is 8.19. The lowest BCUT2D eigenvalue weighted by Gasteiger charge is -2.19. The molecule has 2 aliphatic heterocycles. The Bertz CT molecular complexity index is 1000. The predicted octanol–water partition coefficient (Wildman–Crippen LogP) is 5.86. The first-order valence-corrected chi connectivity index (χ1v) is 11.8. The summed E-state index contributed by atoms with van der Waals surface area (Å²) in [4.78, 5) is 24.2. The maximum Gasteiger partial charge on any atom is 0.269 e. The molecule has 2 aromatic rings. The van der Waals surface area contributed by atoms with Crippen molar-refractivity contribution in [3.8, 4) is 5.75 Å². The maximum absolute atomic E-state index is 13.4. The molecule has 0 bridgehead atoms. The van der Waals surface area contributed by atoms with E-state index in [0.29, 0.717) is 6.54 Å². The van der Waals surface area contributed by atoms with Crippen molar-refractivity contribution in [2.24, 2.45) is 4.99 Å². The number of carbonyl (C=O) groups excluding carboxylic acids is 1. The van der Waals surface area contributed by atoms with Crippen molar-refractivity contribution in [2.75, 3.05) is 25.1 Å². The third-order valence-corrected chi connectivity index (χ3v) is 7.39. The van der Waals surface area contributed by atoms with E-state index in [1.165, 1.54) is 22.3 Å². The Morgan fingerprint density at radius 2 is 1.77 bits per heavy atom. The van der Waals surface area contributed by atoms with Crippen LogP contribution in [0.15, 0.2) is 68.4 Å². The quantitative estimate of drug-likeness (QED) is 0.528. The molecule has 7 heteroatoms. The second kappa shape index (κ2) is 9.18. The van der Waals surface area contributed by atoms with Gasteiger partial charge in [-0.1, -0.05) is 37.2 Å². The highest BCUT2D eigenvalue weighted by atomic mass is 32.2. The molecule has 0 aliphatic carbocycles. The number of methoxy groups -OCH3 is 1. The van der Waals surface area contributed by atoms with Gasteiger partial charge in [0, 0.05) is 18.0 Å². The van der Waals surface area contributed by atoms with Crippen molar-refractivity contribution < 1.29 is 9.53 Å². The zero-order valence-electron chi connectivity index (χ0n) is 17.4.